The maximum atomic E-state index is 12.7. The third-order valence-electron chi connectivity index (χ3n) is 4.99. The Bertz CT molecular complexity index is 776. The lowest BCUT2D eigenvalue weighted by atomic mass is 9.96. The number of amides is 1. The number of hydrogen-bond donors (Lipinski definition) is 1. The summed E-state index contributed by atoms with van der Waals surface area (Å²) in [6.45, 7) is 12.0. The average Bonchev–Trinajstić information content (AvgIpc) is 2.68. The first-order chi connectivity index (χ1) is 13.3. The Labute approximate surface area is 177 Å². The SMILES string of the molecule is C=NC(C)=N/C=C(\C)C(CNC(=O)c1cccc(Cl)c1Cl)N1CCCC(C)C1. The van der Waals surface area contributed by atoms with Crippen LogP contribution in [-0.4, -0.2) is 49.0 Å². The van der Waals surface area contributed by atoms with Crippen LogP contribution in [0.1, 0.15) is 44.0 Å². The Morgan fingerprint density at radius 2 is 2.18 bits per heavy atom. The summed E-state index contributed by atoms with van der Waals surface area (Å²) in [7, 11) is 0. The van der Waals surface area contributed by atoms with E-state index in [0.717, 1.165) is 25.1 Å². The van der Waals surface area contributed by atoms with Crippen LogP contribution in [0, 0.1) is 5.92 Å². The molecule has 2 rings (SSSR count). The fourth-order valence-corrected chi connectivity index (χ4v) is 3.76. The fraction of sp³-hybridized carbons (Fsp3) is 0.476. The number of hydrogen-bond acceptors (Lipinski definition) is 3. The molecule has 1 aromatic carbocycles. The van der Waals surface area contributed by atoms with Gasteiger partial charge in [0, 0.05) is 25.3 Å². The maximum absolute atomic E-state index is 12.7. The summed E-state index contributed by atoms with van der Waals surface area (Å²) in [5.74, 6) is 1.00. The van der Waals surface area contributed by atoms with Gasteiger partial charge in [0.15, 0.2) is 0 Å². The Morgan fingerprint density at radius 3 is 2.86 bits per heavy atom. The minimum Gasteiger partial charge on any atom is -0.350 e. The zero-order chi connectivity index (χ0) is 20.7. The molecule has 7 heteroatoms. The van der Waals surface area contributed by atoms with Crippen LogP contribution >= 0.6 is 23.2 Å². The van der Waals surface area contributed by atoms with Crippen LogP contribution in [0.3, 0.4) is 0 Å². The van der Waals surface area contributed by atoms with E-state index < -0.39 is 0 Å². The standard InChI is InChI=1S/C21H28Cl2N4O/c1-14-7-6-10-27(13-14)19(15(2)11-25-16(3)24-4)12-26-21(28)17-8-5-9-18(22)20(17)23/h5,8-9,11,14,19H,4,6-7,10,12-13H2,1-3H3,(H,26,28)/b15-11+,25-16?. The molecule has 5 nitrogen and oxygen atoms in total. The molecule has 2 unspecified atom stereocenters. The number of amidine groups is 1. The molecule has 2 atom stereocenters. The van der Waals surface area contributed by atoms with E-state index in [0.29, 0.717) is 28.9 Å². The molecule has 28 heavy (non-hydrogen) atoms. The number of carbonyl (C=O) groups is 1. The summed E-state index contributed by atoms with van der Waals surface area (Å²) in [5.41, 5.74) is 1.45. The largest absolute Gasteiger partial charge is 0.350 e. The molecule has 1 saturated heterocycles. The van der Waals surface area contributed by atoms with Crippen molar-refractivity contribution in [2.24, 2.45) is 15.9 Å². The zero-order valence-corrected chi connectivity index (χ0v) is 18.2. The molecule has 1 fully saturated rings. The summed E-state index contributed by atoms with van der Waals surface area (Å²) >= 11 is 12.2. The van der Waals surface area contributed by atoms with Crippen LogP contribution in [0.15, 0.2) is 40.0 Å². The molecular weight excluding hydrogens is 395 g/mol. The predicted octanol–water partition coefficient (Wildman–Crippen LogP) is 4.85. The summed E-state index contributed by atoms with van der Waals surface area (Å²) in [6, 6.07) is 5.11. The van der Waals surface area contributed by atoms with Crippen molar-refractivity contribution in [2.75, 3.05) is 19.6 Å². The molecule has 152 valence electrons. The van der Waals surface area contributed by atoms with Gasteiger partial charge in [-0.3, -0.25) is 9.69 Å². The number of carbonyl (C=O) groups excluding carboxylic acids is 1. The number of nitrogens with zero attached hydrogens (tertiary/aromatic N) is 3. The third-order valence-corrected chi connectivity index (χ3v) is 5.81. The lowest BCUT2D eigenvalue weighted by Crippen LogP contribution is -2.48. The van der Waals surface area contributed by atoms with E-state index in [4.69, 9.17) is 23.2 Å². The van der Waals surface area contributed by atoms with Crippen molar-refractivity contribution in [3.63, 3.8) is 0 Å². The highest BCUT2D eigenvalue weighted by Crippen LogP contribution is 2.26. The number of aliphatic imine (C=N–C) groups is 2. The molecular formula is C21H28Cl2N4O. The molecule has 0 saturated carbocycles. The van der Waals surface area contributed by atoms with Crippen molar-refractivity contribution in [3.8, 4) is 0 Å². The molecule has 0 aromatic heterocycles. The first-order valence-electron chi connectivity index (χ1n) is 9.47. The van der Waals surface area contributed by atoms with Crippen LogP contribution in [0.25, 0.3) is 0 Å². The van der Waals surface area contributed by atoms with Gasteiger partial charge in [-0.05, 0) is 63.6 Å². The van der Waals surface area contributed by atoms with Crippen molar-refractivity contribution in [2.45, 2.75) is 39.7 Å². The first kappa shape index (κ1) is 22.6. The molecule has 0 radical (unpaired) electrons. The van der Waals surface area contributed by atoms with Gasteiger partial charge in [0.2, 0.25) is 0 Å². The summed E-state index contributed by atoms with van der Waals surface area (Å²) < 4.78 is 0. The van der Waals surface area contributed by atoms with Gasteiger partial charge in [-0.1, -0.05) is 36.2 Å². The highest BCUT2D eigenvalue weighted by Gasteiger charge is 2.26. The van der Waals surface area contributed by atoms with Gasteiger partial charge in [-0.2, -0.15) is 0 Å². The van der Waals surface area contributed by atoms with E-state index in [-0.39, 0.29) is 17.0 Å². The number of nitrogens with one attached hydrogen (secondary N) is 1. The maximum Gasteiger partial charge on any atom is 0.252 e. The lowest BCUT2D eigenvalue weighted by Gasteiger charge is -2.37. The van der Waals surface area contributed by atoms with Gasteiger partial charge in [-0.15, -0.1) is 0 Å². The normalized spacial score (nSPS) is 20.0. The summed E-state index contributed by atoms with van der Waals surface area (Å²) in [4.78, 5) is 23.2. The lowest BCUT2D eigenvalue weighted by molar-refractivity contribution is 0.0925. The molecule has 0 bridgehead atoms. The molecule has 1 N–H and O–H groups in total. The van der Waals surface area contributed by atoms with Crippen molar-refractivity contribution in [1.29, 1.82) is 0 Å². The number of halogens is 2. The van der Waals surface area contributed by atoms with Crippen LogP contribution < -0.4 is 5.32 Å². The van der Waals surface area contributed by atoms with Crippen LogP contribution in [0.5, 0.6) is 0 Å². The quantitative estimate of drug-likeness (QED) is 0.526. The Hall–Kier alpha value is -1.69. The molecule has 1 aliphatic heterocycles. The fourth-order valence-electron chi connectivity index (χ4n) is 3.37. The van der Waals surface area contributed by atoms with Gasteiger partial charge in [0.25, 0.3) is 5.91 Å². The average molecular weight is 423 g/mol. The highest BCUT2D eigenvalue weighted by atomic mass is 35.5. The summed E-state index contributed by atoms with van der Waals surface area (Å²) in [6.07, 6.45) is 4.19. The molecule has 1 aliphatic rings. The smallest absolute Gasteiger partial charge is 0.252 e. The Kier molecular flexibility index (Phi) is 8.67. The molecule has 1 aromatic rings. The number of likely N-dealkylation sites (tertiary alicyclic amines) is 1. The third kappa shape index (κ3) is 6.16. The van der Waals surface area contributed by atoms with E-state index >= 15 is 0 Å². The van der Waals surface area contributed by atoms with E-state index in [1.807, 2.05) is 13.1 Å². The van der Waals surface area contributed by atoms with Gasteiger partial charge >= 0.3 is 0 Å². The first-order valence-corrected chi connectivity index (χ1v) is 10.2. The molecule has 1 amide bonds. The second kappa shape index (κ2) is 10.7. The van der Waals surface area contributed by atoms with Crippen LogP contribution in [0.2, 0.25) is 10.0 Å². The Balaban J connectivity index is 2.18. The van der Waals surface area contributed by atoms with E-state index in [2.05, 4.69) is 33.8 Å². The minimum atomic E-state index is -0.234. The second-order valence-corrected chi connectivity index (χ2v) is 8.06. The van der Waals surface area contributed by atoms with E-state index in [1.165, 1.54) is 6.42 Å². The van der Waals surface area contributed by atoms with Crippen LogP contribution in [0.4, 0.5) is 0 Å². The van der Waals surface area contributed by atoms with E-state index in [1.54, 1.807) is 25.1 Å². The summed E-state index contributed by atoms with van der Waals surface area (Å²) in [5, 5.41) is 3.65. The monoisotopic (exact) mass is 422 g/mol. The highest BCUT2D eigenvalue weighted by molar-refractivity contribution is 6.43. The van der Waals surface area contributed by atoms with Crippen molar-refractivity contribution in [3.05, 3.63) is 45.6 Å². The van der Waals surface area contributed by atoms with Gasteiger partial charge in [0.1, 0.15) is 5.84 Å². The Morgan fingerprint density at radius 1 is 1.43 bits per heavy atom. The second-order valence-electron chi connectivity index (χ2n) is 7.28. The molecule has 0 spiro atoms. The molecule has 1 heterocycles. The van der Waals surface area contributed by atoms with Crippen molar-refractivity contribution >= 4 is 41.7 Å². The number of benzene rings is 1. The topological polar surface area (TPSA) is 57.1 Å². The van der Waals surface area contributed by atoms with Gasteiger partial charge in [-0.25, -0.2) is 9.98 Å². The van der Waals surface area contributed by atoms with Crippen molar-refractivity contribution < 1.29 is 4.79 Å². The van der Waals surface area contributed by atoms with Gasteiger partial charge < -0.3 is 5.32 Å². The number of piperidine rings is 1. The number of rotatable bonds is 6. The van der Waals surface area contributed by atoms with Gasteiger partial charge in [0.05, 0.1) is 15.6 Å². The molecule has 0 aliphatic carbocycles. The minimum absolute atomic E-state index is 0.0472. The zero-order valence-electron chi connectivity index (χ0n) is 16.7. The predicted molar refractivity (Wildman–Crippen MR) is 119 cm³/mol. The van der Waals surface area contributed by atoms with Crippen molar-refractivity contribution in [1.82, 2.24) is 10.2 Å². The van der Waals surface area contributed by atoms with Crippen LogP contribution in [-0.2, 0) is 0 Å². The van der Waals surface area contributed by atoms with E-state index in [9.17, 15) is 4.79 Å².